The smallest absolute Gasteiger partial charge is 0.338 e. The molecule has 2 aromatic carbocycles. The molecule has 30 heavy (non-hydrogen) atoms. The molecule has 8 heteroatoms. The van der Waals surface area contributed by atoms with Crippen LogP contribution < -0.4 is 10.1 Å². The maximum Gasteiger partial charge on any atom is 0.338 e. The van der Waals surface area contributed by atoms with Crippen LogP contribution >= 0.6 is 0 Å². The van der Waals surface area contributed by atoms with Crippen molar-refractivity contribution >= 4 is 12.0 Å². The van der Waals surface area contributed by atoms with Crippen molar-refractivity contribution in [3.05, 3.63) is 77.0 Å². The van der Waals surface area contributed by atoms with E-state index in [9.17, 15) is 18.4 Å². The van der Waals surface area contributed by atoms with Gasteiger partial charge in [0, 0.05) is 12.1 Å². The van der Waals surface area contributed by atoms with Crippen LogP contribution in [0.5, 0.6) is 5.75 Å². The number of urea groups is 1. The first-order valence-corrected chi connectivity index (χ1v) is 9.57. The molecule has 1 heterocycles. The van der Waals surface area contributed by atoms with E-state index >= 15 is 0 Å². The molecule has 6 nitrogen and oxygen atoms in total. The molecule has 1 N–H and O–H groups in total. The van der Waals surface area contributed by atoms with Crippen LogP contribution in [0.25, 0.3) is 0 Å². The zero-order valence-corrected chi connectivity index (χ0v) is 16.7. The van der Waals surface area contributed by atoms with Crippen LogP contribution in [0.15, 0.2) is 59.8 Å². The van der Waals surface area contributed by atoms with E-state index in [2.05, 4.69) is 5.32 Å². The molecule has 1 unspecified atom stereocenters. The highest BCUT2D eigenvalue weighted by atomic mass is 19.1. The average molecular weight is 416 g/mol. The van der Waals surface area contributed by atoms with E-state index in [1.54, 1.807) is 19.9 Å². The number of likely N-dealkylation sites (N-methyl/N-ethyl adjacent to an activating group) is 1. The molecule has 0 saturated carbocycles. The Morgan fingerprint density at radius 1 is 1.10 bits per heavy atom. The molecule has 1 aliphatic rings. The van der Waals surface area contributed by atoms with E-state index in [0.29, 0.717) is 5.75 Å². The van der Waals surface area contributed by atoms with E-state index in [1.165, 1.54) is 47.4 Å². The molecule has 2 amide bonds. The quantitative estimate of drug-likeness (QED) is 0.694. The predicted molar refractivity (Wildman–Crippen MR) is 106 cm³/mol. The second-order valence-corrected chi connectivity index (χ2v) is 6.47. The van der Waals surface area contributed by atoms with Crippen LogP contribution in [0.4, 0.5) is 13.6 Å². The van der Waals surface area contributed by atoms with Gasteiger partial charge in [-0.15, -0.1) is 0 Å². The lowest BCUT2D eigenvalue weighted by Gasteiger charge is -2.36. The lowest BCUT2D eigenvalue weighted by atomic mass is 9.94. The molecule has 0 saturated heterocycles. The Morgan fingerprint density at radius 3 is 2.43 bits per heavy atom. The summed E-state index contributed by atoms with van der Waals surface area (Å²) in [5, 5.41) is 2.68. The fourth-order valence-corrected chi connectivity index (χ4v) is 3.27. The van der Waals surface area contributed by atoms with Gasteiger partial charge in [0.1, 0.15) is 24.0 Å². The standard InChI is InChI=1S/C22H22F2N2O4/c1-3-26-18(13-30-15-11-9-14(23)10-12-15)19(21(27)29-4-2)20(25-22(26)28)16-7-5-6-8-17(16)24/h5-12,20H,3-4,13H2,1-2H3,(H,25,28). The summed E-state index contributed by atoms with van der Waals surface area (Å²) >= 11 is 0. The van der Waals surface area contributed by atoms with Gasteiger partial charge in [-0.2, -0.15) is 0 Å². The molecule has 0 bridgehead atoms. The predicted octanol–water partition coefficient (Wildman–Crippen LogP) is 3.95. The molecular formula is C22H22F2N2O4. The van der Waals surface area contributed by atoms with Crippen molar-refractivity contribution in [1.29, 1.82) is 0 Å². The van der Waals surface area contributed by atoms with E-state index in [4.69, 9.17) is 9.47 Å². The van der Waals surface area contributed by atoms with Crippen molar-refractivity contribution in [2.75, 3.05) is 19.8 Å². The van der Waals surface area contributed by atoms with Crippen LogP contribution in [-0.2, 0) is 9.53 Å². The first kappa shape index (κ1) is 21.3. The van der Waals surface area contributed by atoms with Crippen molar-refractivity contribution in [2.24, 2.45) is 0 Å². The van der Waals surface area contributed by atoms with Crippen molar-refractivity contribution in [3.63, 3.8) is 0 Å². The third-order valence-corrected chi connectivity index (χ3v) is 4.66. The highest BCUT2D eigenvalue weighted by Gasteiger charge is 2.38. The van der Waals surface area contributed by atoms with Crippen LogP contribution in [0, 0.1) is 11.6 Å². The monoisotopic (exact) mass is 416 g/mol. The minimum absolute atomic E-state index is 0.0884. The van der Waals surface area contributed by atoms with E-state index < -0.39 is 29.7 Å². The molecule has 0 spiro atoms. The van der Waals surface area contributed by atoms with Gasteiger partial charge in [0.2, 0.25) is 0 Å². The second-order valence-electron chi connectivity index (χ2n) is 6.47. The van der Waals surface area contributed by atoms with Gasteiger partial charge in [0.25, 0.3) is 0 Å². The molecule has 1 atom stereocenters. The van der Waals surface area contributed by atoms with E-state index in [0.717, 1.165) is 0 Å². The van der Waals surface area contributed by atoms with Gasteiger partial charge < -0.3 is 14.8 Å². The number of hydrogen-bond donors (Lipinski definition) is 1. The number of ether oxygens (including phenoxy) is 2. The van der Waals surface area contributed by atoms with Crippen molar-refractivity contribution in [1.82, 2.24) is 10.2 Å². The van der Waals surface area contributed by atoms with Gasteiger partial charge in [-0.1, -0.05) is 18.2 Å². The maximum atomic E-state index is 14.5. The number of amides is 2. The van der Waals surface area contributed by atoms with Gasteiger partial charge in [-0.05, 0) is 44.2 Å². The number of nitrogens with zero attached hydrogens (tertiary/aromatic N) is 1. The summed E-state index contributed by atoms with van der Waals surface area (Å²) in [5.41, 5.74) is 0.492. The normalized spacial score (nSPS) is 16.3. The molecule has 1 aliphatic heterocycles. The number of benzene rings is 2. The SMILES string of the molecule is CCOC(=O)C1=C(COc2ccc(F)cc2)N(CC)C(=O)NC1c1ccccc1F. The van der Waals surface area contributed by atoms with Crippen LogP contribution in [0.1, 0.15) is 25.5 Å². The molecule has 2 aromatic rings. The number of rotatable bonds is 7. The Balaban J connectivity index is 2.07. The number of hydrogen-bond acceptors (Lipinski definition) is 4. The lowest BCUT2D eigenvalue weighted by Crippen LogP contribution is -2.49. The molecular weight excluding hydrogens is 394 g/mol. The topological polar surface area (TPSA) is 67.9 Å². The zero-order valence-electron chi connectivity index (χ0n) is 16.7. The van der Waals surface area contributed by atoms with Crippen molar-refractivity contribution < 1.29 is 27.8 Å². The largest absolute Gasteiger partial charge is 0.487 e. The van der Waals surface area contributed by atoms with Crippen molar-refractivity contribution in [3.8, 4) is 5.75 Å². The summed E-state index contributed by atoms with van der Waals surface area (Å²) in [7, 11) is 0. The minimum Gasteiger partial charge on any atom is -0.487 e. The summed E-state index contributed by atoms with van der Waals surface area (Å²) < 4.78 is 38.6. The molecule has 3 rings (SSSR count). The molecule has 0 radical (unpaired) electrons. The number of nitrogens with one attached hydrogen (secondary N) is 1. The second kappa shape index (κ2) is 9.39. The molecule has 158 valence electrons. The highest BCUT2D eigenvalue weighted by Crippen LogP contribution is 2.33. The maximum absolute atomic E-state index is 14.5. The fraction of sp³-hybridized carbons (Fsp3) is 0.273. The first-order valence-electron chi connectivity index (χ1n) is 9.57. The summed E-state index contributed by atoms with van der Waals surface area (Å²) in [5.74, 6) is -1.30. The molecule has 0 aliphatic carbocycles. The van der Waals surface area contributed by atoms with Gasteiger partial charge in [-0.3, -0.25) is 4.90 Å². The number of carbonyl (C=O) groups excluding carboxylic acids is 2. The van der Waals surface area contributed by atoms with Crippen LogP contribution in [-0.4, -0.2) is 36.7 Å². The summed E-state index contributed by atoms with van der Waals surface area (Å²) in [6, 6.07) is 9.73. The third-order valence-electron chi connectivity index (χ3n) is 4.66. The molecule has 0 fully saturated rings. The third kappa shape index (κ3) is 4.42. The fourth-order valence-electron chi connectivity index (χ4n) is 3.27. The van der Waals surface area contributed by atoms with Crippen molar-refractivity contribution in [2.45, 2.75) is 19.9 Å². The Hall–Kier alpha value is -3.42. The van der Waals surface area contributed by atoms with Crippen LogP contribution in [0.2, 0.25) is 0 Å². The summed E-state index contributed by atoms with van der Waals surface area (Å²) in [4.78, 5) is 26.9. The Bertz CT molecular complexity index is 960. The molecule has 0 aromatic heterocycles. The average Bonchev–Trinajstić information content (AvgIpc) is 2.73. The number of halogens is 2. The van der Waals surface area contributed by atoms with Gasteiger partial charge in [0.05, 0.1) is 23.9 Å². The first-order chi connectivity index (χ1) is 14.5. The number of esters is 1. The highest BCUT2D eigenvalue weighted by molar-refractivity contribution is 5.95. The van der Waals surface area contributed by atoms with Gasteiger partial charge >= 0.3 is 12.0 Å². The van der Waals surface area contributed by atoms with Gasteiger partial charge in [-0.25, -0.2) is 18.4 Å². The Morgan fingerprint density at radius 2 is 1.80 bits per heavy atom. The summed E-state index contributed by atoms with van der Waals surface area (Å²) in [6.45, 7) is 3.60. The summed E-state index contributed by atoms with van der Waals surface area (Å²) in [6.07, 6.45) is 0. The zero-order chi connectivity index (χ0) is 21.7. The van der Waals surface area contributed by atoms with E-state index in [-0.39, 0.29) is 36.6 Å². The van der Waals surface area contributed by atoms with E-state index in [1.807, 2.05) is 0 Å². The lowest BCUT2D eigenvalue weighted by molar-refractivity contribution is -0.139. The van der Waals surface area contributed by atoms with Gasteiger partial charge in [0.15, 0.2) is 0 Å². The van der Waals surface area contributed by atoms with Crippen LogP contribution in [0.3, 0.4) is 0 Å². The minimum atomic E-state index is -1.03. The Kier molecular flexibility index (Phi) is 6.66. The Labute approximate surface area is 173 Å². The number of carbonyl (C=O) groups is 2.